The largest absolute Gasteiger partial charge is 0.480 e. The molecule has 0 fully saturated rings. The fourth-order valence-electron chi connectivity index (χ4n) is 1.63. The number of carboxylic acids is 1. The van der Waals surface area contributed by atoms with E-state index < -0.39 is 17.4 Å². The van der Waals surface area contributed by atoms with Crippen LogP contribution in [-0.2, 0) is 20.7 Å². The second-order valence-electron chi connectivity index (χ2n) is 4.48. The molecule has 1 aromatic rings. The highest BCUT2D eigenvalue weighted by Gasteiger charge is 2.42. The molecule has 0 aliphatic rings. The molecular formula is C14H17FO4. The molecule has 0 aliphatic carbocycles. The summed E-state index contributed by atoms with van der Waals surface area (Å²) in [6.07, 6.45) is 0.467. The number of esters is 1. The third-order valence-corrected chi connectivity index (χ3v) is 3.02. The number of ether oxygens (including phenoxy) is 1. The van der Waals surface area contributed by atoms with Crippen LogP contribution in [0.25, 0.3) is 0 Å². The summed E-state index contributed by atoms with van der Waals surface area (Å²) in [6.45, 7) is 3.11. The van der Waals surface area contributed by atoms with E-state index in [1.54, 1.807) is 19.1 Å². The number of carbonyl (C=O) groups is 2. The molecule has 0 aromatic heterocycles. The Kier molecular flexibility index (Phi) is 5.03. The molecular weight excluding hydrogens is 251 g/mol. The molecule has 1 rings (SSSR count). The summed E-state index contributed by atoms with van der Waals surface area (Å²) < 4.78 is 17.5. The van der Waals surface area contributed by atoms with Gasteiger partial charge in [0, 0.05) is 0 Å². The lowest BCUT2D eigenvalue weighted by atomic mass is 9.84. The van der Waals surface area contributed by atoms with Crippen LogP contribution in [0, 0.1) is 11.2 Å². The van der Waals surface area contributed by atoms with Crippen molar-refractivity contribution in [2.24, 2.45) is 5.41 Å². The van der Waals surface area contributed by atoms with E-state index in [1.807, 2.05) is 0 Å². The number of rotatable bonds is 6. The molecule has 1 atom stereocenters. The normalized spacial score (nSPS) is 13.6. The highest BCUT2D eigenvalue weighted by Crippen LogP contribution is 2.26. The van der Waals surface area contributed by atoms with E-state index in [4.69, 9.17) is 4.74 Å². The second kappa shape index (κ2) is 6.31. The number of aryl methyl sites for hydroxylation is 1. The van der Waals surface area contributed by atoms with Gasteiger partial charge in [0.05, 0.1) is 6.61 Å². The van der Waals surface area contributed by atoms with Crippen LogP contribution < -0.4 is 0 Å². The third kappa shape index (κ3) is 3.77. The Morgan fingerprint density at radius 2 is 1.89 bits per heavy atom. The Hall–Kier alpha value is -1.91. The van der Waals surface area contributed by atoms with Crippen LogP contribution in [0.5, 0.6) is 0 Å². The summed E-state index contributed by atoms with van der Waals surface area (Å²) in [5.74, 6) is -2.31. The maximum atomic E-state index is 12.7. The van der Waals surface area contributed by atoms with Gasteiger partial charge < -0.3 is 9.84 Å². The molecule has 19 heavy (non-hydrogen) atoms. The van der Waals surface area contributed by atoms with Crippen LogP contribution in [0.4, 0.5) is 4.39 Å². The predicted octanol–water partition coefficient (Wildman–Crippen LogP) is 2.41. The van der Waals surface area contributed by atoms with Gasteiger partial charge in [-0.05, 0) is 44.4 Å². The average Bonchev–Trinajstić information content (AvgIpc) is 2.37. The van der Waals surface area contributed by atoms with Gasteiger partial charge in [-0.2, -0.15) is 0 Å². The lowest BCUT2D eigenvalue weighted by Crippen LogP contribution is -2.38. The molecule has 0 amide bonds. The van der Waals surface area contributed by atoms with E-state index in [0.717, 1.165) is 5.56 Å². The monoisotopic (exact) mass is 268 g/mol. The van der Waals surface area contributed by atoms with E-state index in [9.17, 15) is 19.1 Å². The summed E-state index contributed by atoms with van der Waals surface area (Å²) in [4.78, 5) is 23.0. The molecule has 0 aliphatic heterocycles. The second-order valence-corrected chi connectivity index (χ2v) is 4.48. The number of benzene rings is 1. The zero-order valence-corrected chi connectivity index (χ0v) is 11.0. The van der Waals surface area contributed by atoms with Crippen molar-refractivity contribution >= 4 is 11.9 Å². The van der Waals surface area contributed by atoms with E-state index >= 15 is 0 Å². The van der Waals surface area contributed by atoms with Gasteiger partial charge >= 0.3 is 11.9 Å². The SMILES string of the molecule is CCOC(=O)C(C)(CCc1ccc(F)cc1)C(=O)O. The van der Waals surface area contributed by atoms with Crippen molar-refractivity contribution in [3.8, 4) is 0 Å². The van der Waals surface area contributed by atoms with E-state index in [0.29, 0.717) is 6.42 Å². The smallest absolute Gasteiger partial charge is 0.323 e. The number of carboxylic acid groups (broad SMARTS) is 1. The van der Waals surface area contributed by atoms with Gasteiger partial charge in [0.2, 0.25) is 0 Å². The minimum absolute atomic E-state index is 0.104. The number of hydrogen-bond donors (Lipinski definition) is 1. The number of hydrogen-bond acceptors (Lipinski definition) is 3. The quantitative estimate of drug-likeness (QED) is 0.635. The van der Waals surface area contributed by atoms with Gasteiger partial charge in [-0.25, -0.2) is 4.39 Å². The lowest BCUT2D eigenvalue weighted by molar-refractivity contribution is -0.167. The minimum Gasteiger partial charge on any atom is -0.480 e. The Morgan fingerprint density at radius 1 is 1.32 bits per heavy atom. The van der Waals surface area contributed by atoms with Crippen LogP contribution >= 0.6 is 0 Å². The zero-order chi connectivity index (χ0) is 14.5. The highest BCUT2D eigenvalue weighted by molar-refractivity contribution is 5.98. The molecule has 1 N–H and O–H groups in total. The van der Waals surface area contributed by atoms with Crippen molar-refractivity contribution in [1.82, 2.24) is 0 Å². The Morgan fingerprint density at radius 3 is 2.37 bits per heavy atom. The fraction of sp³-hybridized carbons (Fsp3) is 0.429. The number of carbonyl (C=O) groups excluding carboxylic acids is 1. The summed E-state index contributed by atoms with van der Waals surface area (Å²) in [7, 11) is 0. The molecule has 0 saturated carbocycles. The van der Waals surface area contributed by atoms with Crippen LogP contribution in [0.3, 0.4) is 0 Å². The lowest BCUT2D eigenvalue weighted by Gasteiger charge is -2.22. The van der Waals surface area contributed by atoms with E-state index in [2.05, 4.69) is 0 Å². The van der Waals surface area contributed by atoms with Crippen LogP contribution in [0.2, 0.25) is 0 Å². The zero-order valence-electron chi connectivity index (χ0n) is 11.0. The molecule has 0 spiro atoms. The van der Waals surface area contributed by atoms with Crippen LogP contribution in [0.15, 0.2) is 24.3 Å². The first kappa shape index (κ1) is 15.1. The topological polar surface area (TPSA) is 63.6 Å². The molecule has 0 bridgehead atoms. The molecule has 0 heterocycles. The van der Waals surface area contributed by atoms with Gasteiger partial charge in [0.15, 0.2) is 5.41 Å². The summed E-state index contributed by atoms with van der Waals surface area (Å²) in [5, 5.41) is 9.19. The first-order valence-electron chi connectivity index (χ1n) is 6.05. The van der Waals surface area contributed by atoms with Crippen molar-refractivity contribution in [3.05, 3.63) is 35.6 Å². The number of aliphatic carboxylic acids is 1. The average molecular weight is 268 g/mol. The molecule has 1 aromatic carbocycles. The van der Waals surface area contributed by atoms with Crippen LogP contribution in [0.1, 0.15) is 25.8 Å². The maximum absolute atomic E-state index is 12.7. The van der Waals surface area contributed by atoms with Crippen molar-refractivity contribution in [1.29, 1.82) is 0 Å². The van der Waals surface area contributed by atoms with Crippen LogP contribution in [-0.4, -0.2) is 23.7 Å². The highest BCUT2D eigenvalue weighted by atomic mass is 19.1. The van der Waals surface area contributed by atoms with Gasteiger partial charge in [-0.3, -0.25) is 9.59 Å². The van der Waals surface area contributed by atoms with Gasteiger partial charge in [0.25, 0.3) is 0 Å². The van der Waals surface area contributed by atoms with Crippen molar-refractivity contribution < 1.29 is 23.8 Å². The minimum atomic E-state index is -1.58. The molecule has 104 valence electrons. The van der Waals surface area contributed by atoms with Gasteiger partial charge in [0.1, 0.15) is 5.82 Å². The fourth-order valence-corrected chi connectivity index (χ4v) is 1.63. The van der Waals surface area contributed by atoms with Crippen molar-refractivity contribution in [2.75, 3.05) is 6.61 Å². The first-order valence-corrected chi connectivity index (χ1v) is 6.05. The van der Waals surface area contributed by atoms with Crippen molar-refractivity contribution in [2.45, 2.75) is 26.7 Å². The Labute approximate surface area is 111 Å². The number of halogens is 1. The summed E-state index contributed by atoms with van der Waals surface area (Å²) in [6, 6.07) is 5.75. The standard InChI is InChI=1S/C14H17FO4/c1-3-19-13(18)14(2,12(16)17)9-8-10-4-6-11(15)7-5-10/h4-7H,3,8-9H2,1-2H3,(H,16,17). The van der Waals surface area contributed by atoms with Crippen molar-refractivity contribution in [3.63, 3.8) is 0 Å². The Bertz CT molecular complexity index is 455. The predicted molar refractivity (Wildman–Crippen MR) is 67.1 cm³/mol. The van der Waals surface area contributed by atoms with E-state index in [-0.39, 0.29) is 18.8 Å². The maximum Gasteiger partial charge on any atom is 0.323 e. The summed E-state index contributed by atoms with van der Waals surface area (Å²) >= 11 is 0. The summed E-state index contributed by atoms with van der Waals surface area (Å²) in [5.41, 5.74) is -0.803. The Balaban J connectivity index is 2.77. The van der Waals surface area contributed by atoms with Gasteiger partial charge in [-0.15, -0.1) is 0 Å². The first-order chi connectivity index (χ1) is 8.90. The molecule has 0 radical (unpaired) electrons. The molecule has 4 nitrogen and oxygen atoms in total. The molecule has 5 heteroatoms. The molecule has 0 saturated heterocycles. The van der Waals surface area contributed by atoms with Gasteiger partial charge in [-0.1, -0.05) is 12.1 Å². The van der Waals surface area contributed by atoms with E-state index in [1.165, 1.54) is 19.1 Å². The molecule has 1 unspecified atom stereocenters. The third-order valence-electron chi connectivity index (χ3n) is 3.02.